The maximum absolute atomic E-state index is 13.0. The molecule has 1 heterocycles. The minimum atomic E-state index is -3.76. The van der Waals surface area contributed by atoms with Crippen molar-refractivity contribution in [2.45, 2.75) is 30.7 Å². The fourth-order valence-corrected chi connectivity index (χ4v) is 5.32. The minimum Gasteiger partial charge on any atom is -0.465 e. The van der Waals surface area contributed by atoms with Crippen LogP contribution in [0.2, 0.25) is 0 Å². The van der Waals surface area contributed by atoms with E-state index in [1.165, 1.54) is 29.6 Å². The van der Waals surface area contributed by atoms with Crippen LogP contribution in [-0.2, 0) is 14.8 Å². The van der Waals surface area contributed by atoms with E-state index in [9.17, 15) is 18.0 Å². The second kappa shape index (κ2) is 9.28. The van der Waals surface area contributed by atoms with Crippen LogP contribution in [0.3, 0.4) is 0 Å². The molecule has 160 valence electrons. The molecule has 0 spiro atoms. The Morgan fingerprint density at radius 2 is 1.77 bits per heavy atom. The van der Waals surface area contributed by atoms with Crippen LogP contribution in [0.1, 0.15) is 39.1 Å². The lowest BCUT2D eigenvalue weighted by atomic mass is 10.0. The lowest BCUT2D eigenvalue weighted by molar-refractivity contribution is 0.0599. The Morgan fingerprint density at radius 1 is 1.10 bits per heavy atom. The van der Waals surface area contributed by atoms with E-state index in [2.05, 4.69) is 21.2 Å². The summed E-state index contributed by atoms with van der Waals surface area (Å²) in [4.78, 5) is 24.4. The van der Waals surface area contributed by atoms with Gasteiger partial charge in [0.25, 0.3) is 5.91 Å². The molecule has 0 saturated carbocycles. The van der Waals surface area contributed by atoms with E-state index in [4.69, 9.17) is 4.74 Å². The molecule has 2 aromatic carbocycles. The highest BCUT2D eigenvalue weighted by Crippen LogP contribution is 2.26. The molecule has 1 saturated heterocycles. The van der Waals surface area contributed by atoms with Gasteiger partial charge in [0, 0.05) is 29.2 Å². The second-order valence-corrected chi connectivity index (χ2v) is 9.89. The molecule has 0 unspecified atom stereocenters. The summed E-state index contributed by atoms with van der Waals surface area (Å²) in [5, 5.41) is 3.00. The SMILES string of the molecule is COC(=O)c1cc(S(=O)(=O)N2CCC(NC(=O)c3ccccc3C)CC2)ccc1Br. The Kier molecular flexibility index (Phi) is 6.95. The number of nitrogens with zero attached hydrogens (tertiary/aromatic N) is 1. The number of esters is 1. The Balaban J connectivity index is 1.68. The van der Waals surface area contributed by atoms with Gasteiger partial charge in [-0.25, -0.2) is 13.2 Å². The van der Waals surface area contributed by atoms with E-state index in [0.717, 1.165) is 5.56 Å². The number of hydrogen-bond donors (Lipinski definition) is 1. The molecule has 0 radical (unpaired) electrons. The first-order valence-corrected chi connectivity index (χ1v) is 11.7. The molecule has 9 heteroatoms. The Labute approximate surface area is 184 Å². The van der Waals surface area contributed by atoms with Gasteiger partial charge >= 0.3 is 5.97 Å². The number of carbonyl (C=O) groups is 2. The zero-order valence-electron chi connectivity index (χ0n) is 16.7. The van der Waals surface area contributed by atoms with Crippen LogP contribution >= 0.6 is 15.9 Å². The van der Waals surface area contributed by atoms with E-state index in [1.54, 1.807) is 6.07 Å². The van der Waals surface area contributed by atoms with Crippen molar-refractivity contribution in [2.75, 3.05) is 20.2 Å². The summed E-state index contributed by atoms with van der Waals surface area (Å²) < 4.78 is 32.6. The third kappa shape index (κ3) is 4.74. The van der Waals surface area contributed by atoms with Gasteiger partial charge in [-0.05, 0) is 65.5 Å². The largest absolute Gasteiger partial charge is 0.465 e. The second-order valence-electron chi connectivity index (χ2n) is 7.10. The van der Waals surface area contributed by atoms with E-state index < -0.39 is 16.0 Å². The highest BCUT2D eigenvalue weighted by molar-refractivity contribution is 9.10. The smallest absolute Gasteiger partial charge is 0.339 e. The monoisotopic (exact) mass is 494 g/mol. The van der Waals surface area contributed by atoms with Crippen molar-refractivity contribution in [3.8, 4) is 0 Å². The Morgan fingerprint density at radius 3 is 2.40 bits per heavy atom. The fourth-order valence-electron chi connectivity index (χ4n) is 3.41. The number of carbonyl (C=O) groups excluding carboxylic acids is 2. The molecule has 0 aromatic heterocycles. The van der Waals surface area contributed by atoms with Gasteiger partial charge in [0.05, 0.1) is 17.6 Å². The maximum atomic E-state index is 13.0. The average Bonchev–Trinajstić information content (AvgIpc) is 2.74. The van der Waals surface area contributed by atoms with Crippen molar-refractivity contribution in [3.63, 3.8) is 0 Å². The number of rotatable bonds is 5. The summed E-state index contributed by atoms with van der Waals surface area (Å²) in [5.41, 5.74) is 1.67. The van der Waals surface area contributed by atoms with Crippen molar-refractivity contribution in [1.29, 1.82) is 0 Å². The zero-order chi connectivity index (χ0) is 21.9. The minimum absolute atomic E-state index is 0.0356. The third-order valence-corrected chi connectivity index (χ3v) is 7.75. The topological polar surface area (TPSA) is 92.8 Å². The molecule has 0 aliphatic carbocycles. The van der Waals surface area contributed by atoms with Crippen LogP contribution in [0.5, 0.6) is 0 Å². The van der Waals surface area contributed by atoms with Crippen molar-refractivity contribution in [3.05, 3.63) is 63.6 Å². The molecule has 7 nitrogen and oxygen atoms in total. The highest BCUT2D eigenvalue weighted by atomic mass is 79.9. The van der Waals surface area contributed by atoms with Gasteiger partial charge in [0.15, 0.2) is 0 Å². The van der Waals surface area contributed by atoms with Crippen molar-refractivity contribution < 1.29 is 22.7 Å². The number of piperidine rings is 1. The molecule has 1 N–H and O–H groups in total. The van der Waals surface area contributed by atoms with E-state index in [1.807, 2.05) is 25.1 Å². The number of aryl methyl sites for hydroxylation is 1. The predicted octanol–water partition coefficient (Wildman–Crippen LogP) is 3.13. The van der Waals surface area contributed by atoms with Gasteiger partial charge in [0.2, 0.25) is 10.0 Å². The Hall–Kier alpha value is -2.23. The third-order valence-electron chi connectivity index (χ3n) is 5.16. The highest BCUT2D eigenvalue weighted by Gasteiger charge is 2.31. The first-order chi connectivity index (χ1) is 14.2. The molecule has 30 heavy (non-hydrogen) atoms. The number of methoxy groups -OCH3 is 1. The normalized spacial score (nSPS) is 15.6. The molecule has 0 bridgehead atoms. The quantitative estimate of drug-likeness (QED) is 0.644. The summed E-state index contributed by atoms with van der Waals surface area (Å²) in [6.45, 7) is 2.44. The van der Waals surface area contributed by atoms with Crippen molar-refractivity contribution in [2.24, 2.45) is 0 Å². The predicted molar refractivity (Wildman–Crippen MR) is 116 cm³/mol. The van der Waals surface area contributed by atoms with Crippen LogP contribution in [-0.4, -0.2) is 50.8 Å². The van der Waals surface area contributed by atoms with Gasteiger partial charge in [-0.2, -0.15) is 4.31 Å². The van der Waals surface area contributed by atoms with Gasteiger partial charge in [-0.15, -0.1) is 0 Å². The number of sulfonamides is 1. The number of nitrogens with one attached hydrogen (secondary N) is 1. The van der Waals surface area contributed by atoms with Crippen LogP contribution in [0.15, 0.2) is 51.8 Å². The van der Waals surface area contributed by atoms with Gasteiger partial charge < -0.3 is 10.1 Å². The van der Waals surface area contributed by atoms with Gasteiger partial charge in [-0.1, -0.05) is 18.2 Å². The molecule has 3 rings (SSSR count). The Bertz CT molecular complexity index is 1060. The number of amides is 1. The average molecular weight is 495 g/mol. The lowest BCUT2D eigenvalue weighted by Gasteiger charge is -2.31. The van der Waals surface area contributed by atoms with E-state index in [-0.39, 0.29) is 35.5 Å². The van der Waals surface area contributed by atoms with E-state index >= 15 is 0 Å². The van der Waals surface area contributed by atoms with Crippen molar-refractivity contribution in [1.82, 2.24) is 9.62 Å². The molecule has 2 aromatic rings. The molecular formula is C21H23BrN2O5S. The maximum Gasteiger partial charge on any atom is 0.339 e. The molecule has 1 amide bonds. The molecular weight excluding hydrogens is 472 g/mol. The molecule has 1 fully saturated rings. The number of halogens is 1. The first-order valence-electron chi connectivity index (χ1n) is 9.48. The standard InChI is InChI=1S/C21H23BrN2O5S/c1-14-5-3-4-6-17(14)20(25)23-15-9-11-24(12-10-15)30(27,28)16-7-8-19(22)18(13-16)21(26)29-2/h3-8,13,15H,9-12H2,1-2H3,(H,23,25). The first kappa shape index (κ1) is 22.5. The number of ether oxygens (including phenoxy) is 1. The number of hydrogen-bond acceptors (Lipinski definition) is 5. The molecule has 1 aliphatic rings. The number of benzene rings is 2. The van der Waals surface area contributed by atoms with Crippen LogP contribution < -0.4 is 5.32 Å². The van der Waals surface area contributed by atoms with Crippen molar-refractivity contribution >= 4 is 37.8 Å². The lowest BCUT2D eigenvalue weighted by Crippen LogP contribution is -2.46. The zero-order valence-corrected chi connectivity index (χ0v) is 19.1. The van der Waals surface area contributed by atoms with E-state index in [0.29, 0.717) is 22.9 Å². The van der Waals surface area contributed by atoms with Crippen LogP contribution in [0, 0.1) is 6.92 Å². The van der Waals surface area contributed by atoms with Crippen LogP contribution in [0.4, 0.5) is 0 Å². The summed E-state index contributed by atoms with van der Waals surface area (Å²) >= 11 is 3.24. The molecule has 0 atom stereocenters. The molecule has 1 aliphatic heterocycles. The summed E-state index contributed by atoms with van der Waals surface area (Å²) in [7, 11) is -2.52. The fraction of sp³-hybridized carbons (Fsp3) is 0.333. The summed E-state index contributed by atoms with van der Waals surface area (Å²) in [6.07, 6.45) is 1.02. The van der Waals surface area contributed by atoms with Crippen LogP contribution in [0.25, 0.3) is 0 Å². The van der Waals surface area contributed by atoms with Gasteiger partial charge in [0.1, 0.15) is 0 Å². The summed E-state index contributed by atoms with van der Waals surface area (Å²) in [5.74, 6) is -0.762. The summed E-state index contributed by atoms with van der Waals surface area (Å²) in [6, 6.07) is 11.5. The van der Waals surface area contributed by atoms with Gasteiger partial charge in [-0.3, -0.25) is 4.79 Å².